The Kier molecular flexibility index (Phi) is 5.18. The Labute approximate surface area is 160 Å². The van der Waals surface area contributed by atoms with E-state index in [1.165, 1.54) is 15.9 Å². The fourth-order valence-corrected chi connectivity index (χ4v) is 7.19. The maximum atomic E-state index is 12.0. The van der Waals surface area contributed by atoms with E-state index >= 15 is 0 Å². The molecule has 0 radical (unpaired) electrons. The van der Waals surface area contributed by atoms with Gasteiger partial charge in [0.1, 0.15) is 0 Å². The van der Waals surface area contributed by atoms with E-state index in [4.69, 9.17) is 4.74 Å². The molecule has 0 unspecified atom stereocenters. The summed E-state index contributed by atoms with van der Waals surface area (Å²) in [6, 6.07) is 31.6. The fourth-order valence-electron chi connectivity index (χ4n) is 3.60. The Bertz CT molecular complexity index is 905. The average Bonchev–Trinajstić information content (AvgIpc) is 2.74. The number of ketones is 1. The second-order valence-electron chi connectivity index (χ2n) is 6.70. The van der Waals surface area contributed by atoms with Gasteiger partial charge in [0, 0.05) is 34.1 Å². The third-order valence-electron chi connectivity index (χ3n) is 4.85. The van der Waals surface area contributed by atoms with Crippen molar-refractivity contribution in [3.63, 3.8) is 0 Å². The van der Waals surface area contributed by atoms with Crippen molar-refractivity contribution in [2.45, 2.75) is 19.3 Å². The number of benzene rings is 3. The van der Waals surface area contributed by atoms with Gasteiger partial charge in [0.25, 0.3) is 0 Å². The van der Waals surface area contributed by atoms with Crippen LogP contribution in [0.15, 0.2) is 108 Å². The molecule has 0 bridgehead atoms. The summed E-state index contributed by atoms with van der Waals surface area (Å²) in [7, 11) is -2.24. The molecule has 0 atom stereocenters. The van der Waals surface area contributed by atoms with Gasteiger partial charge in [-0.05, 0) is 12.8 Å². The Morgan fingerprint density at radius 1 is 0.630 bits per heavy atom. The van der Waals surface area contributed by atoms with Crippen LogP contribution in [-0.2, 0) is 4.79 Å². The van der Waals surface area contributed by atoms with Crippen molar-refractivity contribution < 1.29 is 4.79 Å². The predicted octanol–water partition coefficient (Wildman–Crippen LogP) is 4.80. The lowest BCUT2D eigenvalue weighted by molar-refractivity contribution is -0.115. The summed E-state index contributed by atoms with van der Waals surface area (Å²) >= 11 is 0. The van der Waals surface area contributed by atoms with Crippen molar-refractivity contribution in [3.05, 3.63) is 103 Å². The average molecular weight is 371 g/mol. The predicted molar refractivity (Wildman–Crippen MR) is 115 cm³/mol. The van der Waals surface area contributed by atoms with Gasteiger partial charge in [0.15, 0.2) is 5.78 Å². The first kappa shape index (κ1) is 17.7. The molecule has 0 saturated carbocycles. The van der Waals surface area contributed by atoms with E-state index in [1.54, 1.807) is 6.08 Å². The summed E-state index contributed by atoms with van der Waals surface area (Å²) in [4.78, 5) is 12.0. The molecule has 0 N–H and O–H groups in total. The first-order valence-corrected chi connectivity index (χ1v) is 11.1. The summed E-state index contributed by atoms with van der Waals surface area (Å²) < 4.78 is 5.38. The first-order chi connectivity index (χ1) is 13.3. The van der Waals surface area contributed by atoms with Crippen LogP contribution in [0.25, 0.3) is 0 Å². The quantitative estimate of drug-likeness (QED) is 0.606. The number of hydrogen-bond donors (Lipinski definition) is 0. The smallest absolute Gasteiger partial charge is 0.157 e. The summed E-state index contributed by atoms with van der Waals surface area (Å²) in [5.74, 6) is 0.187. The minimum absolute atomic E-state index is 0.187. The molecule has 3 heteroatoms. The molecule has 3 aromatic carbocycles. The molecule has 3 aromatic rings. The fraction of sp³-hybridized carbons (Fsp3) is 0.125. The molecule has 27 heavy (non-hydrogen) atoms. The summed E-state index contributed by atoms with van der Waals surface area (Å²) in [6.45, 7) is 0. The topological polar surface area (TPSA) is 29.4 Å². The van der Waals surface area contributed by atoms with Crippen LogP contribution >= 0.6 is 7.05 Å². The van der Waals surface area contributed by atoms with Crippen molar-refractivity contribution in [3.8, 4) is 0 Å². The van der Waals surface area contributed by atoms with Crippen LogP contribution in [-0.4, -0.2) is 5.78 Å². The van der Waals surface area contributed by atoms with Gasteiger partial charge in [-0.3, -0.25) is 9.54 Å². The molecule has 4 rings (SSSR count). The highest BCUT2D eigenvalue weighted by Gasteiger charge is 2.28. The van der Waals surface area contributed by atoms with Gasteiger partial charge >= 0.3 is 0 Å². The minimum Gasteiger partial charge on any atom is -0.295 e. The van der Waals surface area contributed by atoms with Gasteiger partial charge in [-0.15, -0.1) is 0 Å². The molecule has 1 aliphatic carbocycles. The van der Waals surface area contributed by atoms with Crippen molar-refractivity contribution >= 4 is 28.8 Å². The second-order valence-corrected chi connectivity index (χ2v) is 9.72. The van der Waals surface area contributed by atoms with Crippen molar-refractivity contribution in [2.24, 2.45) is 4.74 Å². The lowest BCUT2D eigenvalue weighted by Gasteiger charge is -2.28. The Balaban J connectivity index is 2.09. The second kappa shape index (κ2) is 7.90. The van der Waals surface area contributed by atoms with E-state index in [9.17, 15) is 4.79 Å². The van der Waals surface area contributed by atoms with Gasteiger partial charge in [-0.25, -0.2) is 0 Å². The van der Waals surface area contributed by atoms with Crippen LogP contribution in [0.1, 0.15) is 19.3 Å². The molecule has 134 valence electrons. The number of carbonyl (C=O) groups excluding carboxylic acids is 1. The van der Waals surface area contributed by atoms with Gasteiger partial charge in [0.05, 0.1) is 7.05 Å². The lowest BCUT2D eigenvalue weighted by atomic mass is 10.0. The van der Waals surface area contributed by atoms with Crippen LogP contribution < -0.4 is 15.9 Å². The maximum Gasteiger partial charge on any atom is 0.157 e. The summed E-state index contributed by atoms with van der Waals surface area (Å²) in [5, 5.41) is 3.63. The Morgan fingerprint density at radius 2 is 1.07 bits per heavy atom. The molecular formula is C24H22NOP. The van der Waals surface area contributed by atoms with E-state index in [2.05, 4.69) is 72.8 Å². The number of nitrogens with zero attached hydrogens (tertiary/aromatic N) is 1. The Hall–Kier alpha value is -2.70. The van der Waals surface area contributed by atoms with Gasteiger partial charge in [0.2, 0.25) is 0 Å². The summed E-state index contributed by atoms with van der Waals surface area (Å²) in [6.07, 6.45) is 4.13. The molecule has 0 aliphatic heterocycles. The van der Waals surface area contributed by atoms with Crippen LogP contribution in [0.2, 0.25) is 0 Å². The van der Waals surface area contributed by atoms with Crippen molar-refractivity contribution in [1.29, 1.82) is 0 Å². The molecule has 0 fully saturated rings. The zero-order chi connectivity index (χ0) is 18.5. The van der Waals surface area contributed by atoms with Gasteiger partial charge < -0.3 is 0 Å². The standard InChI is InChI=1S/C24H22NOP/c26-21-12-10-11-20(19-21)25-27(22-13-4-1-5-14-22,23-15-6-2-7-16-23)24-17-8-3-9-18-24/h1-9,13-19H,10-12H2. The highest BCUT2D eigenvalue weighted by molar-refractivity contribution is 7.87. The molecule has 1 aliphatic rings. The van der Waals surface area contributed by atoms with Crippen LogP contribution in [0, 0.1) is 0 Å². The van der Waals surface area contributed by atoms with Crippen molar-refractivity contribution in [1.82, 2.24) is 0 Å². The number of allylic oxidation sites excluding steroid dienone is 2. The molecule has 0 spiro atoms. The molecule has 0 aromatic heterocycles. The van der Waals surface area contributed by atoms with Crippen LogP contribution in [0.3, 0.4) is 0 Å². The normalized spacial score (nSPS) is 14.5. The van der Waals surface area contributed by atoms with E-state index in [-0.39, 0.29) is 5.78 Å². The largest absolute Gasteiger partial charge is 0.295 e. The third-order valence-corrected chi connectivity index (χ3v) is 8.55. The van der Waals surface area contributed by atoms with Crippen molar-refractivity contribution in [2.75, 3.05) is 0 Å². The zero-order valence-corrected chi connectivity index (χ0v) is 16.1. The molecule has 2 nitrogen and oxygen atoms in total. The van der Waals surface area contributed by atoms with Gasteiger partial charge in [-0.1, -0.05) is 91.0 Å². The van der Waals surface area contributed by atoms with Crippen LogP contribution in [0.5, 0.6) is 0 Å². The van der Waals surface area contributed by atoms with E-state index in [0.717, 1.165) is 18.5 Å². The number of carbonyl (C=O) groups is 1. The summed E-state index contributed by atoms with van der Waals surface area (Å²) in [5.41, 5.74) is 0.927. The lowest BCUT2D eigenvalue weighted by Crippen LogP contribution is -2.25. The molecular weight excluding hydrogens is 349 g/mol. The maximum absolute atomic E-state index is 12.0. The number of rotatable bonds is 4. The monoisotopic (exact) mass is 371 g/mol. The third kappa shape index (κ3) is 3.59. The van der Waals surface area contributed by atoms with E-state index < -0.39 is 7.05 Å². The van der Waals surface area contributed by atoms with Crippen LogP contribution in [0.4, 0.5) is 0 Å². The molecule has 0 heterocycles. The minimum atomic E-state index is -2.24. The van der Waals surface area contributed by atoms with E-state index in [0.29, 0.717) is 6.42 Å². The first-order valence-electron chi connectivity index (χ1n) is 9.32. The van der Waals surface area contributed by atoms with E-state index in [1.807, 2.05) is 18.2 Å². The molecule has 0 amide bonds. The molecule has 0 saturated heterocycles. The van der Waals surface area contributed by atoms with Gasteiger partial charge in [-0.2, -0.15) is 0 Å². The SMILES string of the molecule is O=C1C=C(N=P(c2ccccc2)(c2ccccc2)c2ccccc2)CCC1. The highest BCUT2D eigenvalue weighted by atomic mass is 31.2. The Morgan fingerprint density at radius 3 is 1.48 bits per heavy atom. The zero-order valence-electron chi connectivity index (χ0n) is 15.2. The highest BCUT2D eigenvalue weighted by Crippen LogP contribution is 2.48. The number of hydrogen-bond acceptors (Lipinski definition) is 2.